The summed E-state index contributed by atoms with van der Waals surface area (Å²) in [6.07, 6.45) is -3.38. The highest BCUT2D eigenvalue weighted by molar-refractivity contribution is 7.90. The summed E-state index contributed by atoms with van der Waals surface area (Å²) in [6, 6.07) is 6.88. The van der Waals surface area contributed by atoms with E-state index >= 15 is 4.39 Å². The molecule has 1 saturated heterocycles. The predicted molar refractivity (Wildman–Crippen MR) is 128 cm³/mol. The molecular formula is C26H24F5N3O4S. The fourth-order valence-electron chi connectivity index (χ4n) is 5.26. The van der Waals surface area contributed by atoms with Gasteiger partial charge in [0, 0.05) is 49.3 Å². The molecule has 2 aliphatic rings. The molecule has 0 saturated carbocycles. The number of benzene rings is 2. The van der Waals surface area contributed by atoms with Crippen LogP contribution in [0.1, 0.15) is 48.2 Å². The van der Waals surface area contributed by atoms with Gasteiger partial charge in [0.05, 0.1) is 18.1 Å². The lowest BCUT2D eigenvalue weighted by molar-refractivity contribution is -0.280. The van der Waals surface area contributed by atoms with Gasteiger partial charge in [-0.1, -0.05) is 12.1 Å². The van der Waals surface area contributed by atoms with E-state index in [4.69, 9.17) is 4.74 Å². The van der Waals surface area contributed by atoms with Gasteiger partial charge in [-0.2, -0.15) is 13.2 Å². The van der Waals surface area contributed by atoms with Gasteiger partial charge < -0.3 is 9.84 Å². The molecule has 0 radical (unpaired) electrons. The molecule has 2 aliphatic heterocycles. The van der Waals surface area contributed by atoms with Crippen LogP contribution >= 0.6 is 0 Å². The summed E-state index contributed by atoms with van der Waals surface area (Å²) in [5, 5.41) is 10.5. The van der Waals surface area contributed by atoms with Crippen molar-refractivity contribution in [3.63, 3.8) is 0 Å². The largest absolute Gasteiger partial charge is 0.493 e. The number of piperidine rings is 1. The van der Waals surface area contributed by atoms with Crippen LogP contribution in [0.25, 0.3) is 0 Å². The third kappa shape index (κ3) is 5.35. The zero-order valence-electron chi connectivity index (χ0n) is 20.4. The number of rotatable bonds is 5. The molecule has 3 atom stereocenters. The van der Waals surface area contributed by atoms with E-state index in [-0.39, 0.29) is 36.6 Å². The standard InChI is InChI=1S/C26H24F5N3O4S/c27-17-3-1-16(2-4-17)22-13-25(35,26(29,30)31)7-9-34(22)21-6-10-38-23-12-24(20(28)11-19(21)23)39(36,37)14-18-5-8-32-15-33-18/h1-5,8,11-12,15,21-22,35H,6-7,9-10,13-14H2/t21-,22-,25-/m0/s1. The van der Waals surface area contributed by atoms with Gasteiger partial charge in [0.2, 0.25) is 0 Å². The highest BCUT2D eigenvalue weighted by Crippen LogP contribution is 2.50. The van der Waals surface area contributed by atoms with E-state index in [1.54, 1.807) is 4.90 Å². The zero-order chi connectivity index (χ0) is 28.0. The minimum atomic E-state index is -4.88. The Morgan fingerprint density at radius 1 is 1.10 bits per heavy atom. The van der Waals surface area contributed by atoms with Crippen molar-refractivity contribution in [2.45, 2.75) is 53.8 Å². The molecule has 3 aromatic rings. The molecule has 7 nitrogen and oxygen atoms in total. The Morgan fingerprint density at radius 3 is 2.51 bits per heavy atom. The Kier molecular flexibility index (Phi) is 7.10. The summed E-state index contributed by atoms with van der Waals surface area (Å²) in [7, 11) is -4.16. The van der Waals surface area contributed by atoms with Crippen molar-refractivity contribution in [3.8, 4) is 5.75 Å². The maximum Gasteiger partial charge on any atom is 0.417 e. The van der Waals surface area contributed by atoms with Crippen LogP contribution in [0, 0.1) is 11.6 Å². The molecule has 3 heterocycles. The van der Waals surface area contributed by atoms with E-state index in [1.807, 2.05) is 0 Å². The van der Waals surface area contributed by atoms with Gasteiger partial charge >= 0.3 is 6.18 Å². The van der Waals surface area contributed by atoms with Crippen LogP contribution in [0.15, 0.2) is 59.9 Å². The second-order valence-corrected chi connectivity index (χ2v) is 11.7. The number of hydrogen-bond acceptors (Lipinski definition) is 7. The number of halogens is 5. The fourth-order valence-corrected chi connectivity index (χ4v) is 6.62. The van der Waals surface area contributed by atoms with Gasteiger partial charge in [-0.25, -0.2) is 27.2 Å². The molecule has 208 valence electrons. The van der Waals surface area contributed by atoms with Crippen LogP contribution in [-0.4, -0.2) is 53.3 Å². The van der Waals surface area contributed by atoms with Crippen LogP contribution in [0.4, 0.5) is 22.0 Å². The molecule has 13 heteroatoms. The van der Waals surface area contributed by atoms with Gasteiger partial charge in [0.25, 0.3) is 0 Å². The topological polar surface area (TPSA) is 92.6 Å². The van der Waals surface area contributed by atoms with Crippen molar-refractivity contribution >= 4 is 9.84 Å². The molecule has 0 amide bonds. The first-order valence-corrected chi connectivity index (χ1v) is 13.8. The van der Waals surface area contributed by atoms with Crippen molar-refractivity contribution in [3.05, 3.63) is 83.4 Å². The lowest BCUT2D eigenvalue weighted by Crippen LogP contribution is -2.55. The van der Waals surface area contributed by atoms with Gasteiger partial charge in [0.15, 0.2) is 15.4 Å². The molecule has 39 heavy (non-hydrogen) atoms. The summed E-state index contributed by atoms with van der Waals surface area (Å²) in [4.78, 5) is 8.73. The Balaban J connectivity index is 1.51. The first-order valence-electron chi connectivity index (χ1n) is 12.1. The van der Waals surface area contributed by atoms with Crippen LogP contribution in [0.3, 0.4) is 0 Å². The number of likely N-dealkylation sites (tertiary alicyclic amines) is 1. The van der Waals surface area contributed by atoms with Gasteiger partial charge in [-0.15, -0.1) is 0 Å². The highest BCUT2D eigenvalue weighted by atomic mass is 32.2. The maximum atomic E-state index is 15.3. The zero-order valence-corrected chi connectivity index (χ0v) is 21.2. The van der Waals surface area contributed by atoms with E-state index < -0.39 is 68.8 Å². The Bertz CT molecular complexity index is 1450. The van der Waals surface area contributed by atoms with Crippen LogP contribution < -0.4 is 4.74 Å². The number of nitrogens with zero attached hydrogens (tertiary/aromatic N) is 3. The van der Waals surface area contributed by atoms with Gasteiger partial charge in [-0.05, 0) is 36.2 Å². The van der Waals surface area contributed by atoms with E-state index in [0.29, 0.717) is 5.56 Å². The summed E-state index contributed by atoms with van der Waals surface area (Å²) in [5.74, 6) is -2.06. The normalized spacial score (nSPS) is 24.2. The Morgan fingerprint density at radius 2 is 1.85 bits per heavy atom. The monoisotopic (exact) mass is 569 g/mol. The highest BCUT2D eigenvalue weighted by Gasteiger charge is 2.57. The number of aromatic nitrogens is 2. The summed E-state index contributed by atoms with van der Waals surface area (Å²) >= 11 is 0. The Labute approximate surface area is 221 Å². The Hall–Kier alpha value is -3.16. The number of hydrogen-bond donors (Lipinski definition) is 1. The smallest absolute Gasteiger partial charge is 0.417 e. The summed E-state index contributed by atoms with van der Waals surface area (Å²) in [5.41, 5.74) is -2.14. The van der Waals surface area contributed by atoms with Crippen molar-refractivity contribution in [2.75, 3.05) is 13.2 Å². The third-order valence-corrected chi connectivity index (χ3v) is 8.94. The number of ether oxygens (including phenoxy) is 1. The molecule has 2 aromatic carbocycles. The lowest BCUT2D eigenvalue weighted by atomic mass is 9.81. The van der Waals surface area contributed by atoms with Crippen molar-refractivity contribution in [1.82, 2.24) is 14.9 Å². The molecule has 0 unspecified atom stereocenters. The predicted octanol–water partition coefficient (Wildman–Crippen LogP) is 4.68. The van der Waals surface area contributed by atoms with E-state index in [0.717, 1.165) is 24.3 Å². The van der Waals surface area contributed by atoms with E-state index in [2.05, 4.69) is 9.97 Å². The van der Waals surface area contributed by atoms with Crippen LogP contribution in [-0.2, 0) is 15.6 Å². The number of sulfone groups is 1. The third-order valence-electron chi connectivity index (χ3n) is 7.29. The van der Waals surface area contributed by atoms with Crippen molar-refractivity contribution in [1.29, 1.82) is 0 Å². The fraction of sp³-hybridized carbons (Fsp3) is 0.385. The van der Waals surface area contributed by atoms with E-state index in [9.17, 15) is 31.1 Å². The molecule has 1 fully saturated rings. The second kappa shape index (κ2) is 10.1. The average molecular weight is 570 g/mol. The minimum absolute atomic E-state index is 0.100. The molecule has 0 spiro atoms. The van der Waals surface area contributed by atoms with E-state index in [1.165, 1.54) is 30.7 Å². The molecule has 1 aromatic heterocycles. The second-order valence-electron chi connectivity index (χ2n) is 9.72. The molecule has 0 aliphatic carbocycles. The first kappa shape index (κ1) is 27.4. The summed E-state index contributed by atoms with van der Waals surface area (Å²) < 4.78 is 102. The van der Waals surface area contributed by atoms with Gasteiger partial charge in [0.1, 0.15) is 28.6 Å². The molecule has 5 rings (SSSR count). The van der Waals surface area contributed by atoms with Crippen LogP contribution in [0.5, 0.6) is 5.75 Å². The number of alkyl halides is 3. The quantitative estimate of drug-likeness (QED) is 0.446. The van der Waals surface area contributed by atoms with Crippen molar-refractivity contribution < 1.29 is 40.2 Å². The minimum Gasteiger partial charge on any atom is -0.493 e. The number of aliphatic hydroxyl groups is 1. The SMILES string of the molecule is O=S(=O)(Cc1ccncn1)c1cc2c(cc1F)[C@@H](N1CC[C@@](O)(C(F)(F)F)C[C@H]1c1ccc(F)cc1)CCO2. The lowest BCUT2D eigenvalue weighted by Gasteiger charge is -2.48. The maximum absolute atomic E-state index is 15.3. The molecular weight excluding hydrogens is 545 g/mol. The molecule has 0 bridgehead atoms. The average Bonchev–Trinajstić information content (AvgIpc) is 2.88. The number of fused-ring (bicyclic) bond motifs is 1. The summed E-state index contributed by atoms with van der Waals surface area (Å²) in [6.45, 7) is -0.0948. The first-order chi connectivity index (χ1) is 18.4. The van der Waals surface area contributed by atoms with Crippen LogP contribution in [0.2, 0.25) is 0 Å². The van der Waals surface area contributed by atoms with Gasteiger partial charge in [-0.3, -0.25) is 4.90 Å². The molecule has 1 N–H and O–H groups in total. The van der Waals surface area contributed by atoms with Crippen molar-refractivity contribution in [2.24, 2.45) is 0 Å².